The number of aryl methyl sites for hydroxylation is 1. The maximum atomic E-state index is 13.5. The van der Waals surface area contributed by atoms with Crippen LogP contribution in [0.15, 0.2) is 69.1 Å². The third-order valence-electron chi connectivity index (χ3n) is 5.29. The smallest absolute Gasteiger partial charge is 0.264 e. The topological polar surface area (TPSA) is 97.3 Å². The molecule has 35 heavy (non-hydrogen) atoms. The van der Waals surface area contributed by atoms with Crippen LogP contribution in [0.4, 0.5) is 5.69 Å². The van der Waals surface area contributed by atoms with E-state index in [0.717, 1.165) is 9.87 Å². The summed E-state index contributed by atoms with van der Waals surface area (Å²) >= 11 is 9.67. The van der Waals surface area contributed by atoms with Gasteiger partial charge < -0.3 is 9.47 Å². The Morgan fingerprint density at radius 2 is 1.83 bits per heavy atom. The standard InChI is InChI=1S/C24H21BrClN3O5S/c1-15-6-8-18(9-7-15)35(31,32)29(21-5-3-4-20(26)16(21)2)13-24(30)28-27-12-17-10-22-23(11-19(17)25)34-14-33-22/h3-12H,13-14H2,1-2H3,(H,28,30)/b27-12-. The second kappa shape index (κ2) is 10.3. The van der Waals surface area contributed by atoms with Gasteiger partial charge in [0.05, 0.1) is 16.8 Å². The van der Waals surface area contributed by atoms with Crippen LogP contribution in [0, 0.1) is 13.8 Å². The number of hydrogen-bond donors (Lipinski definition) is 1. The lowest BCUT2D eigenvalue weighted by molar-refractivity contribution is -0.119. The zero-order chi connectivity index (χ0) is 25.2. The number of nitrogens with one attached hydrogen (secondary N) is 1. The largest absolute Gasteiger partial charge is 0.454 e. The fourth-order valence-corrected chi connectivity index (χ4v) is 5.45. The first kappa shape index (κ1) is 25.0. The van der Waals surface area contributed by atoms with E-state index in [1.165, 1.54) is 18.3 Å². The van der Waals surface area contributed by atoms with Crippen LogP contribution in [0.2, 0.25) is 5.02 Å². The number of fused-ring (bicyclic) bond motifs is 1. The van der Waals surface area contributed by atoms with Gasteiger partial charge in [0, 0.05) is 15.1 Å². The molecular formula is C24H21BrClN3O5S. The lowest BCUT2D eigenvalue weighted by Crippen LogP contribution is -2.40. The van der Waals surface area contributed by atoms with Crippen molar-refractivity contribution in [2.24, 2.45) is 5.10 Å². The first-order valence-electron chi connectivity index (χ1n) is 10.4. The van der Waals surface area contributed by atoms with E-state index in [1.54, 1.807) is 49.4 Å². The summed E-state index contributed by atoms with van der Waals surface area (Å²) in [6.07, 6.45) is 1.42. The molecule has 8 nitrogen and oxygen atoms in total. The van der Waals surface area contributed by atoms with Crippen LogP contribution >= 0.6 is 27.5 Å². The minimum atomic E-state index is -4.07. The van der Waals surface area contributed by atoms with Crippen molar-refractivity contribution in [3.8, 4) is 11.5 Å². The molecule has 0 atom stereocenters. The number of benzene rings is 3. The molecule has 1 N–H and O–H groups in total. The number of halogens is 2. The van der Waals surface area contributed by atoms with E-state index >= 15 is 0 Å². The number of carbonyl (C=O) groups excluding carboxylic acids is 1. The van der Waals surface area contributed by atoms with E-state index in [4.69, 9.17) is 21.1 Å². The molecule has 1 heterocycles. The Bertz CT molecular complexity index is 1410. The summed E-state index contributed by atoms with van der Waals surface area (Å²) in [4.78, 5) is 12.9. The van der Waals surface area contributed by atoms with Crippen molar-refractivity contribution in [1.82, 2.24) is 5.43 Å². The molecule has 4 rings (SSSR count). The van der Waals surface area contributed by atoms with E-state index in [9.17, 15) is 13.2 Å². The summed E-state index contributed by atoms with van der Waals surface area (Å²) < 4.78 is 39.4. The highest BCUT2D eigenvalue weighted by molar-refractivity contribution is 9.10. The molecule has 3 aromatic rings. The van der Waals surface area contributed by atoms with Crippen molar-refractivity contribution < 1.29 is 22.7 Å². The number of rotatable bonds is 7. The lowest BCUT2D eigenvalue weighted by atomic mass is 10.2. The molecular weight excluding hydrogens is 558 g/mol. The Balaban J connectivity index is 1.59. The molecule has 1 aliphatic heterocycles. The van der Waals surface area contributed by atoms with Crippen molar-refractivity contribution in [3.05, 3.63) is 80.8 Å². The van der Waals surface area contributed by atoms with Crippen molar-refractivity contribution in [1.29, 1.82) is 0 Å². The molecule has 1 aliphatic rings. The summed E-state index contributed by atoms with van der Waals surface area (Å²) in [5.74, 6) is 0.535. The average molecular weight is 579 g/mol. The number of sulfonamides is 1. The summed E-state index contributed by atoms with van der Waals surface area (Å²) in [5, 5.41) is 4.37. The zero-order valence-electron chi connectivity index (χ0n) is 18.8. The molecule has 0 spiro atoms. The third kappa shape index (κ3) is 5.44. The van der Waals surface area contributed by atoms with Crippen molar-refractivity contribution in [3.63, 3.8) is 0 Å². The second-order valence-electron chi connectivity index (χ2n) is 7.73. The number of hydrazone groups is 1. The van der Waals surface area contributed by atoms with Gasteiger partial charge in [-0.3, -0.25) is 9.10 Å². The number of anilines is 1. The highest BCUT2D eigenvalue weighted by atomic mass is 79.9. The predicted molar refractivity (Wildman–Crippen MR) is 138 cm³/mol. The third-order valence-corrected chi connectivity index (χ3v) is 8.16. The molecule has 0 fully saturated rings. The van der Waals surface area contributed by atoms with Crippen molar-refractivity contribution in [2.75, 3.05) is 17.6 Å². The van der Waals surface area contributed by atoms with Crippen molar-refractivity contribution >= 4 is 55.4 Å². The molecule has 1 amide bonds. The fraction of sp³-hybridized carbons (Fsp3) is 0.167. The van der Waals surface area contributed by atoms with Gasteiger partial charge >= 0.3 is 0 Å². The molecule has 0 radical (unpaired) electrons. The first-order chi connectivity index (χ1) is 16.7. The molecule has 0 saturated carbocycles. The van der Waals surface area contributed by atoms with Crippen LogP contribution in [0.25, 0.3) is 0 Å². The highest BCUT2D eigenvalue weighted by Gasteiger charge is 2.28. The molecule has 0 saturated heterocycles. The fourth-order valence-electron chi connectivity index (χ4n) is 3.37. The van der Waals surface area contributed by atoms with Crippen LogP contribution in [-0.4, -0.2) is 33.9 Å². The molecule has 3 aromatic carbocycles. The predicted octanol–water partition coefficient (Wildman–Crippen LogP) is 4.79. The van der Waals surface area contributed by atoms with E-state index in [-0.39, 0.29) is 11.7 Å². The van der Waals surface area contributed by atoms with E-state index in [0.29, 0.717) is 37.8 Å². The van der Waals surface area contributed by atoms with Crippen LogP contribution in [0.5, 0.6) is 11.5 Å². The quantitative estimate of drug-likeness (QED) is 0.321. The lowest BCUT2D eigenvalue weighted by Gasteiger charge is -2.25. The maximum absolute atomic E-state index is 13.5. The van der Waals surface area contributed by atoms with Gasteiger partial charge in [-0.1, -0.05) is 35.4 Å². The average Bonchev–Trinajstić information content (AvgIpc) is 3.27. The highest BCUT2D eigenvalue weighted by Crippen LogP contribution is 2.36. The molecule has 11 heteroatoms. The Kier molecular flexibility index (Phi) is 7.34. The minimum absolute atomic E-state index is 0.0584. The zero-order valence-corrected chi connectivity index (χ0v) is 21.9. The normalized spacial score (nSPS) is 12.7. The van der Waals surface area contributed by atoms with Gasteiger partial charge in [0.2, 0.25) is 6.79 Å². The summed E-state index contributed by atoms with van der Waals surface area (Å²) in [7, 11) is -4.07. The number of nitrogens with zero attached hydrogens (tertiary/aromatic N) is 2. The summed E-state index contributed by atoms with van der Waals surface area (Å²) in [6, 6.07) is 14.8. The number of hydrogen-bond acceptors (Lipinski definition) is 6. The van der Waals surface area contributed by atoms with Crippen LogP contribution in [0.3, 0.4) is 0 Å². The van der Waals surface area contributed by atoms with Crippen LogP contribution < -0.4 is 19.2 Å². The van der Waals surface area contributed by atoms with Gasteiger partial charge in [-0.05, 0) is 71.7 Å². The van der Waals surface area contributed by atoms with E-state index < -0.39 is 22.5 Å². The molecule has 0 aromatic heterocycles. The molecule has 182 valence electrons. The Hall–Kier alpha value is -3.08. The molecule has 0 aliphatic carbocycles. The number of carbonyl (C=O) groups is 1. The van der Waals surface area contributed by atoms with Gasteiger partial charge in [-0.25, -0.2) is 13.8 Å². The van der Waals surface area contributed by atoms with E-state index in [2.05, 4.69) is 26.5 Å². The van der Waals surface area contributed by atoms with Gasteiger partial charge in [-0.2, -0.15) is 5.10 Å². The van der Waals surface area contributed by atoms with Crippen LogP contribution in [0.1, 0.15) is 16.7 Å². The number of ether oxygens (including phenoxy) is 2. The van der Waals surface area contributed by atoms with Gasteiger partial charge in [0.1, 0.15) is 6.54 Å². The summed E-state index contributed by atoms with van der Waals surface area (Å²) in [6.45, 7) is 3.19. The Labute approximate surface area is 216 Å². The van der Waals surface area contributed by atoms with Gasteiger partial charge in [0.15, 0.2) is 11.5 Å². The number of amides is 1. The molecule has 0 unspecified atom stereocenters. The van der Waals surface area contributed by atoms with Crippen molar-refractivity contribution in [2.45, 2.75) is 18.7 Å². The Morgan fingerprint density at radius 1 is 1.14 bits per heavy atom. The van der Waals surface area contributed by atoms with Crippen LogP contribution in [-0.2, 0) is 14.8 Å². The first-order valence-corrected chi connectivity index (χ1v) is 13.0. The minimum Gasteiger partial charge on any atom is -0.454 e. The van der Waals surface area contributed by atoms with E-state index in [1.807, 2.05) is 6.92 Å². The van der Waals surface area contributed by atoms with Gasteiger partial charge in [-0.15, -0.1) is 0 Å². The Morgan fingerprint density at radius 3 is 2.54 bits per heavy atom. The SMILES string of the molecule is Cc1ccc(S(=O)(=O)N(CC(=O)N/N=C\c2cc3c(cc2Br)OCO3)c2cccc(Cl)c2C)cc1. The summed E-state index contributed by atoms with van der Waals surface area (Å²) in [5.41, 5.74) is 4.78. The monoisotopic (exact) mass is 577 g/mol. The molecule has 0 bridgehead atoms. The maximum Gasteiger partial charge on any atom is 0.264 e. The second-order valence-corrected chi connectivity index (χ2v) is 10.9. The van der Waals surface area contributed by atoms with Gasteiger partial charge in [0.25, 0.3) is 15.9 Å².